The molecule has 8 heteroatoms. The molecule has 1 aliphatic heterocycles. The summed E-state index contributed by atoms with van der Waals surface area (Å²) in [6.07, 6.45) is 6.99. The molecule has 8 nitrogen and oxygen atoms in total. The largest absolute Gasteiger partial charge is 0.369 e. The summed E-state index contributed by atoms with van der Waals surface area (Å²) < 4.78 is 0. The topological polar surface area (TPSA) is 103 Å². The predicted molar refractivity (Wildman–Crippen MR) is 112 cm³/mol. The smallest absolute Gasteiger partial charge is 0.230 e. The SMILES string of the molecule is CN=C(NCCCN1CCCC(C(N)=O)C1)NCC1(C(=O)N(C)C)CCCC1. The Morgan fingerprint density at radius 1 is 1.21 bits per heavy atom. The van der Waals surface area contributed by atoms with E-state index in [4.69, 9.17) is 5.73 Å². The summed E-state index contributed by atoms with van der Waals surface area (Å²) in [5.41, 5.74) is 5.14. The van der Waals surface area contributed by atoms with Crippen LogP contribution in [-0.4, -0.2) is 81.4 Å². The highest BCUT2D eigenvalue weighted by Crippen LogP contribution is 2.38. The van der Waals surface area contributed by atoms with E-state index in [0.717, 1.165) is 77.1 Å². The van der Waals surface area contributed by atoms with Crippen molar-refractivity contribution in [2.75, 3.05) is 53.9 Å². The first-order valence-corrected chi connectivity index (χ1v) is 10.6. The van der Waals surface area contributed by atoms with Gasteiger partial charge in [-0.2, -0.15) is 0 Å². The average molecular weight is 395 g/mol. The van der Waals surface area contributed by atoms with Crippen LogP contribution in [0, 0.1) is 11.3 Å². The Labute approximate surface area is 169 Å². The van der Waals surface area contributed by atoms with Gasteiger partial charge in [0, 0.05) is 40.8 Å². The van der Waals surface area contributed by atoms with E-state index in [1.54, 1.807) is 11.9 Å². The fourth-order valence-corrected chi connectivity index (χ4v) is 4.47. The summed E-state index contributed by atoms with van der Waals surface area (Å²) in [4.78, 5) is 32.4. The van der Waals surface area contributed by atoms with Crippen LogP contribution in [0.15, 0.2) is 4.99 Å². The van der Waals surface area contributed by atoms with E-state index in [-0.39, 0.29) is 23.1 Å². The van der Waals surface area contributed by atoms with Crippen molar-refractivity contribution in [1.29, 1.82) is 0 Å². The molecular formula is C20H38N6O2. The van der Waals surface area contributed by atoms with Crippen LogP contribution in [0.4, 0.5) is 0 Å². The lowest BCUT2D eigenvalue weighted by Crippen LogP contribution is -2.49. The van der Waals surface area contributed by atoms with Crippen LogP contribution >= 0.6 is 0 Å². The molecule has 1 saturated carbocycles. The molecule has 0 aromatic carbocycles. The normalized spacial score (nSPS) is 22.7. The van der Waals surface area contributed by atoms with E-state index >= 15 is 0 Å². The molecule has 0 spiro atoms. The maximum atomic E-state index is 12.7. The average Bonchev–Trinajstić information content (AvgIpc) is 3.17. The quantitative estimate of drug-likeness (QED) is 0.314. The number of carbonyl (C=O) groups is 2. The van der Waals surface area contributed by atoms with E-state index in [2.05, 4.69) is 20.5 Å². The van der Waals surface area contributed by atoms with Crippen LogP contribution in [0.5, 0.6) is 0 Å². The van der Waals surface area contributed by atoms with Crippen molar-refractivity contribution >= 4 is 17.8 Å². The molecule has 2 rings (SSSR count). The highest BCUT2D eigenvalue weighted by Gasteiger charge is 2.42. The molecule has 160 valence electrons. The molecule has 2 amide bonds. The second-order valence-corrected chi connectivity index (χ2v) is 8.44. The van der Waals surface area contributed by atoms with Gasteiger partial charge >= 0.3 is 0 Å². The summed E-state index contributed by atoms with van der Waals surface area (Å²) >= 11 is 0. The Hall–Kier alpha value is -1.83. The summed E-state index contributed by atoms with van der Waals surface area (Å²) in [6, 6.07) is 0. The van der Waals surface area contributed by atoms with Gasteiger partial charge in [0.15, 0.2) is 5.96 Å². The van der Waals surface area contributed by atoms with E-state index in [9.17, 15) is 9.59 Å². The van der Waals surface area contributed by atoms with Gasteiger partial charge in [0.1, 0.15) is 0 Å². The maximum absolute atomic E-state index is 12.7. The number of hydrogen-bond donors (Lipinski definition) is 3. The predicted octanol–water partition coefficient (Wildman–Crippen LogP) is 0.387. The standard InChI is InChI=1S/C20H38N6O2/c1-22-19(24-15-20(9-4-5-10-20)18(28)25(2)3)23-11-7-13-26-12-6-8-16(14-26)17(21)27/h16H,4-15H2,1-3H3,(H2,21,27)(H2,22,23,24). The van der Waals surface area contributed by atoms with Gasteiger partial charge in [0.25, 0.3) is 0 Å². The molecule has 1 saturated heterocycles. The summed E-state index contributed by atoms with van der Waals surface area (Å²) in [7, 11) is 5.42. The number of nitrogens with zero attached hydrogens (tertiary/aromatic N) is 3. The molecule has 2 aliphatic rings. The molecule has 28 heavy (non-hydrogen) atoms. The molecule has 4 N–H and O–H groups in total. The van der Waals surface area contributed by atoms with Gasteiger partial charge < -0.3 is 26.2 Å². The Morgan fingerprint density at radius 3 is 2.54 bits per heavy atom. The van der Waals surface area contributed by atoms with Crippen LogP contribution in [0.25, 0.3) is 0 Å². The molecule has 2 fully saturated rings. The van der Waals surface area contributed by atoms with E-state index < -0.39 is 0 Å². The number of nitrogens with two attached hydrogens (primary N) is 1. The van der Waals surface area contributed by atoms with Crippen LogP contribution in [-0.2, 0) is 9.59 Å². The number of carbonyl (C=O) groups excluding carboxylic acids is 2. The fraction of sp³-hybridized carbons (Fsp3) is 0.850. The first-order chi connectivity index (χ1) is 13.4. The van der Waals surface area contributed by atoms with Gasteiger partial charge in [-0.05, 0) is 45.2 Å². The van der Waals surface area contributed by atoms with Gasteiger partial charge in [0.2, 0.25) is 11.8 Å². The van der Waals surface area contributed by atoms with E-state index in [0.29, 0.717) is 6.54 Å². The molecule has 1 unspecified atom stereocenters. The third-order valence-corrected chi connectivity index (χ3v) is 6.09. The number of primary amides is 1. The second-order valence-electron chi connectivity index (χ2n) is 8.44. The molecule has 0 aromatic heterocycles. The number of amides is 2. The van der Waals surface area contributed by atoms with Crippen LogP contribution < -0.4 is 16.4 Å². The van der Waals surface area contributed by atoms with Gasteiger partial charge in [0.05, 0.1) is 11.3 Å². The Kier molecular flexibility index (Phi) is 8.54. The van der Waals surface area contributed by atoms with Crippen molar-refractivity contribution < 1.29 is 9.59 Å². The summed E-state index contributed by atoms with van der Waals surface area (Å²) in [5.74, 6) is 0.766. The minimum Gasteiger partial charge on any atom is -0.369 e. The van der Waals surface area contributed by atoms with Crippen molar-refractivity contribution in [2.24, 2.45) is 22.1 Å². The monoisotopic (exact) mass is 394 g/mol. The number of nitrogens with one attached hydrogen (secondary N) is 2. The Morgan fingerprint density at radius 2 is 1.93 bits per heavy atom. The molecule has 1 heterocycles. The van der Waals surface area contributed by atoms with Crippen LogP contribution in [0.1, 0.15) is 44.9 Å². The number of rotatable bonds is 8. The van der Waals surface area contributed by atoms with Gasteiger partial charge in [-0.15, -0.1) is 0 Å². The lowest BCUT2D eigenvalue weighted by atomic mass is 9.84. The molecule has 1 aliphatic carbocycles. The van der Waals surface area contributed by atoms with Gasteiger partial charge in [-0.1, -0.05) is 12.8 Å². The van der Waals surface area contributed by atoms with Crippen molar-refractivity contribution in [3.05, 3.63) is 0 Å². The molecular weight excluding hydrogens is 356 g/mol. The summed E-state index contributed by atoms with van der Waals surface area (Å²) in [6.45, 7) is 4.17. The number of aliphatic imine (C=N–C) groups is 1. The van der Waals surface area contributed by atoms with Crippen molar-refractivity contribution in [3.8, 4) is 0 Å². The number of guanidine groups is 1. The lowest BCUT2D eigenvalue weighted by Gasteiger charge is -2.32. The van der Waals surface area contributed by atoms with Crippen molar-refractivity contribution in [1.82, 2.24) is 20.4 Å². The molecule has 0 bridgehead atoms. The Bertz CT molecular complexity index is 557. The lowest BCUT2D eigenvalue weighted by molar-refractivity contribution is -0.138. The van der Waals surface area contributed by atoms with Crippen molar-refractivity contribution in [2.45, 2.75) is 44.9 Å². The molecule has 0 aromatic rings. The first-order valence-electron chi connectivity index (χ1n) is 10.6. The Balaban J connectivity index is 1.72. The number of likely N-dealkylation sites (tertiary alicyclic amines) is 1. The second kappa shape index (κ2) is 10.6. The first kappa shape index (κ1) is 22.5. The third-order valence-electron chi connectivity index (χ3n) is 6.09. The highest BCUT2D eigenvalue weighted by molar-refractivity contribution is 5.85. The number of piperidine rings is 1. The minimum atomic E-state index is -0.307. The summed E-state index contributed by atoms with van der Waals surface area (Å²) in [5, 5.41) is 6.71. The van der Waals surface area contributed by atoms with Gasteiger partial charge in [-0.3, -0.25) is 14.6 Å². The van der Waals surface area contributed by atoms with Crippen LogP contribution in [0.2, 0.25) is 0 Å². The van der Waals surface area contributed by atoms with Crippen molar-refractivity contribution in [3.63, 3.8) is 0 Å². The zero-order valence-electron chi connectivity index (χ0n) is 17.8. The fourth-order valence-electron chi connectivity index (χ4n) is 4.47. The van der Waals surface area contributed by atoms with E-state index in [1.165, 1.54) is 0 Å². The highest BCUT2D eigenvalue weighted by atomic mass is 16.2. The zero-order chi connectivity index (χ0) is 20.6. The third kappa shape index (κ3) is 6.09. The van der Waals surface area contributed by atoms with E-state index in [1.807, 2.05) is 14.1 Å². The van der Waals surface area contributed by atoms with Gasteiger partial charge in [-0.25, -0.2) is 0 Å². The minimum absolute atomic E-state index is 0.00650. The zero-order valence-corrected chi connectivity index (χ0v) is 17.8. The maximum Gasteiger partial charge on any atom is 0.230 e. The number of hydrogen-bond acceptors (Lipinski definition) is 4. The van der Waals surface area contributed by atoms with Crippen LogP contribution in [0.3, 0.4) is 0 Å². The molecule has 1 atom stereocenters. The molecule has 0 radical (unpaired) electrons.